The van der Waals surface area contributed by atoms with E-state index in [1.807, 2.05) is 11.0 Å². The number of amides is 1. The number of carbonyl (C=O) groups excluding carboxylic acids is 1. The second-order valence-electron chi connectivity index (χ2n) is 4.21. The zero-order valence-electron chi connectivity index (χ0n) is 7.93. The fourth-order valence-corrected chi connectivity index (χ4v) is 2.84. The lowest BCUT2D eigenvalue weighted by molar-refractivity contribution is -0.132. The number of ether oxygens (including phenoxy) is 1. The van der Waals surface area contributed by atoms with E-state index in [1.165, 1.54) is 0 Å². The lowest BCUT2D eigenvalue weighted by atomic mass is 9.86. The molecule has 0 spiro atoms. The van der Waals surface area contributed by atoms with Crippen molar-refractivity contribution in [3.05, 3.63) is 12.2 Å². The molecule has 4 heteroatoms. The van der Waals surface area contributed by atoms with Crippen LogP contribution in [0.2, 0.25) is 0 Å². The van der Waals surface area contributed by atoms with E-state index in [0.717, 1.165) is 6.54 Å². The van der Waals surface area contributed by atoms with Gasteiger partial charge in [-0.05, 0) is 0 Å². The van der Waals surface area contributed by atoms with Crippen LogP contribution in [-0.4, -0.2) is 42.6 Å². The highest BCUT2D eigenvalue weighted by atomic mass is 16.5. The summed E-state index contributed by atoms with van der Waals surface area (Å²) in [5.74, 6) is 0.692. The van der Waals surface area contributed by atoms with Gasteiger partial charge in [0.05, 0.1) is 18.1 Å². The first-order chi connectivity index (χ1) is 6.81. The van der Waals surface area contributed by atoms with Gasteiger partial charge in [-0.1, -0.05) is 12.2 Å². The maximum absolute atomic E-state index is 11.9. The van der Waals surface area contributed by atoms with Crippen molar-refractivity contribution >= 4 is 5.91 Å². The van der Waals surface area contributed by atoms with Crippen LogP contribution in [-0.2, 0) is 9.53 Å². The molecule has 3 aliphatic rings. The molecule has 3 aliphatic heterocycles. The number of carbonyl (C=O) groups is 1. The van der Waals surface area contributed by atoms with E-state index in [9.17, 15) is 4.79 Å². The molecule has 76 valence electrons. The molecule has 0 aromatic rings. The largest absolute Gasteiger partial charge is 0.366 e. The van der Waals surface area contributed by atoms with Gasteiger partial charge in [0.1, 0.15) is 0 Å². The van der Waals surface area contributed by atoms with E-state index in [2.05, 4.69) is 6.08 Å². The average molecular weight is 194 g/mol. The molecule has 4 unspecified atom stereocenters. The summed E-state index contributed by atoms with van der Waals surface area (Å²) in [5, 5.41) is 0. The highest BCUT2D eigenvalue weighted by Crippen LogP contribution is 2.43. The number of fused-ring (bicyclic) bond motifs is 5. The van der Waals surface area contributed by atoms with Crippen molar-refractivity contribution in [2.24, 2.45) is 17.6 Å². The summed E-state index contributed by atoms with van der Waals surface area (Å²) >= 11 is 0. The smallest absolute Gasteiger partial charge is 0.229 e. The van der Waals surface area contributed by atoms with Crippen LogP contribution in [0.4, 0.5) is 0 Å². The van der Waals surface area contributed by atoms with E-state index in [4.69, 9.17) is 10.5 Å². The lowest BCUT2D eigenvalue weighted by Crippen LogP contribution is -2.34. The molecule has 0 radical (unpaired) electrons. The third-order valence-corrected chi connectivity index (χ3v) is 3.47. The summed E-state index contributed by atoms with van der Waals surface area (Å²) in [5.41, 5.74) is 5.47. The number of likely N-dealkylation sites (tertiary alicyclic amines) is 1. The molecule has 0 aromatic heterocycles. The summed E-state index contributed by atoms with van der Waals surface area (Å²) in [4.78, 5) is 13.8. The van der Waals surface area contributed by atoms with E-state index in [-0.39, 0.29) is 24.0 Å². The van der Waals surface area contributed by atoms with Gasteiger partial charge in [0.25, 0.3) is 0 Å². The Labute approximate surface area is 82.7 Å². The number of rotatable bonds is 2. The molecule has 0 aliphatic carbocycles. The van der Waals surface area contributed by atoms with Gasteiger partial charge in [-0.25, -0.2) is 0 Å². The lowest BCUT2D eigenvalue weighted by Gasteiger charge is -2.17. The molecular formula is C10H14N2O2. The first-order valence-corrected chi connectivity index (χ1v) is 5.14. The van der Waals surface area contributed by atoms with E-state index >= 15 is 0 Å². The first-order valence-electron chi connectivity index (χ1n) is 5.14. The molecule has 3 rings (SSSR count). The Balaban J connectivity index is 1.82. The first kappa shape index (κ1) is 8.44. The highest BCUT2D eigenvalue weighted by Gasteiger charge is 2.55. The van der Waals surface area contributed by atoms with Crippen molar-refractivity contribution in [1.82, 2.24) is 4.90 Å². The number of nitrogens with zero attached hydrogens (tertiary/aromatic N) is 1. The van der Waals surface area contributed by atoms with Gasteiger partial charge in [-0.3, -0.25) is 4.79 Å². The van der Waals surface area contributed by atoms with Gasteiger partial charge in [0.2, 0.25) is 5.91 Å². The summed E-state index contributed by atoms with van der Waals surface area (Å²) < 4.78 is 5.65. The topological polar surface area (TPSA) is 55.6 Å². The minimum absolute atomic E-state index is 0.0419. The second-order valence-corrected chi connectivity index (χ2v) is 4.21. The van der Waals surface area contributed by atoms with Crippen molar-refractivity contribution in [2.75, 3.05) is 19.6 Å². The second kappa shape index (κ2) is 2.81. The van der Waals surface area contributed by atoms with Crippen molar-refractivity contribution in [2.45, 2.75) is 12.2 Å². The van der Waals surface area contributed by atoms with Crippen LogP contribution in [0.1, 0.15) is 0 Å². The molecule has 4 nitrogen and oxygen atoms in total. The van der Waals surface area contributed by atoms with Crippen LogP contribution in [0.5, 0.6) is 0 Å². The number of hydrogen-bond donors (Lipinski definition) is 1. The number of nitrogens with two attached hydrogens (primary N) is 1. The quantitative estimate of drug-likeness (QED) is 0.595. The van der Waals surface area contributed by atoms with Crippen LogP contribution in [0.25, 0.3) is 0 Å². The Morgan fingerprint density at radius 3 is 3.00 bits per heavy atom. The summed E-state index contributed by atoms with van der Waals surface area (Å²) in [6.07, 6.45) is 4.33. The molecule has 2 N–H and O–H groups in total. The normalized spacial score (nSPS) is 43.8. The minimum Gasteiger partial charge on any atom is -0.366 e. The van der Waals surface area contributed by atoms with Gasteiger partial charge in [0, 0.05) is 25.6 Å². The van der Waals surface area contributed by atoms with E-state index in [1.54, 1.807) is 0 Å². The molecule has 3 heterocycles. The molecule has 2 saturated heterocycles. The Bertz CT molecular complexity index is 302. The van der Waals surface area contributed by atoms with Crippen LogP contribution < -0.4 is 5.73 Å². The van der Waals surface area contributed by atoms with Gasteiger partial charge in [-0.15, -0.1) is 0 Å². The third-order valence-electron chi connectivity index (χ3n) is 3.47. The zero-order chi connectivity index (χ0) is 9.71. The summed E-state index contributed by atoms with van der Waals surface area (Å²) in [6.45, 7) is 2.06. The molecule has 4 atom stereocenters. The van der Waals surface area contributed by atoms with Gasteiger partial charge >= 0.3 is 0 Å². The molecule has 1 amide bonds. The van der Waals surface area contributed by atoms with Crippen molar-refractivity contribution in [3.8, 4) is 0 Å². The van der Waals surface area contributed by atoms with Crippen molar-refractivity contribution < 1.29 is 9.53 Å². The van der Waals surface area contributed by atoms with Crippen LogP contribution in [0.15, 0.2) is 12.2 Å². The Morgan fingerprint density at radius 2 is 2.29 bits per heavy atom. The molecular weight excluding hydrogens is 180 g/mol. The van der Waals surface area contributed by atoms with Crippen LogP contribution in [0.3, 0.4) is 0 Å². The van der Waals surface area contributed by atoms with E-state index in [0.29, 0.717) is 19.0 Å². The van der Waals surface area contributed by atoms with Crippen molar-refractivity contribution in [1.29, 1.82) is 0 Å². The molecule has 2 fully saturated rings. The predicted octanol–water partition coefficient (Wildman–Crippen LogP) is -0.643. The molecule has 2 bridgehead atoms. The molecule has 0 aromatic carbocycles. The fraction of sp³-hybridized carbons (Fsp3) is 0.700. The van der Waals surface area contributed by atoms with Crippen LogP contribution >= 0.6 is 0 Å². The van der Waals surface area contributed by atoms with Gasteiger partial charge in [-0.2, -0.15) is 0 Å². The SMILES string of the molecule is NCCN1CC2C3C=CC(O3)C2C1=O. The Morgan fingerprint density at radius 1 is 1.50 bits per heavy atom. The monoisotopic (exact) mass is 194 g/mol. The molecule has 0 saturated carbocycles. The minimum atomic E-state index is 0.0419. The highest BCUT2D eigenvalue weighted by molar-refractivity contribution is 5.83. The standard InChI is InChI=1S/C10H14N2O2/c11-3-4-12-5-6-7-1-2-8(14-7)9(6)10(12)13/h1-2,6-9H,3-5,11H2. The predicted molar refractivity (Wildman–Crippen MR) is 50.4 cm³/mol. The molecule has 14 heavy (non-hydrogen) atoms. The third kappa shape index (κ3) is 0.925. The Kier molecular flexibility index (Phi) is 1.69. The zero-order valence-corrected chi connectivity index (χ0v) is 7.93. The Hall–Kier alpha value is -0.870. The maximum Gasteiger partial charge on any atom is 0.229 e. The fourth-order valence-electron chi connectivity index (χ4n) is 2.84. The van der Waals surface area contributed by atoms with E-state index < -0.39 is 0 Å². The van der Waals surface area contributed by atoms with Gasteiger partial charge in [0.15, 0.2) is 0 Å². The average Bonchev–Trinajstić information content (AvgIpc) is 2.81. The maximum atomic E-state index is 11.9. The summed E-state index contributed by atoms with van der Waals surface area (Å²) in [6, 6.07) is 0. The van der Waals surface area contributed by atoms with Gasteiger partial charge < -0.3 is 15.4 Å². The summed E-state index contributed by atoms with van der Waals surface area (Å²) in [7, 11) is 0. The van der Waals surface area contributed by atoms with Crippen molar-refractivity contribution in [3.63, 3.8) is 0 Å². The number of hydrogen-bond acceptors (Lipinski definition) is 3. The van der Waals surface area contributed by atoms with Crippen LogP contribution in [0, 0.1) is 11.8 Å².